The molecule has 0 radical (unpaired) electrons. The zero-order valence-electron chi connectivity index (χ0n) is 18.0. The summed E-state index contributed by atoms with van der Waals surface area (Å²) in [6, 6.07) is 7.36. The van der Waals surface area contributed by atoms with Crippen LogP contribution in [-0.2, 0) is 22.2 Å². The smallest absolute Gasteiger partial charge is 0.416 e. The van der Waals surface area contributed by atoms with Crippen molar-refractivity contribution >= 4 is 17.5 Å². The Kier molecular flexibility index (Phi) is 5.31. The van der Waals surface area contributed by atoms with Gasteiger partial charge in [-0.05, 0) is 54.8 Å². The molecule has 174 valence electrons. The van der Waals surface area contributed by atoms with Gasteiger partial charge in [-0.2, -0.15) is 13.2 Å². The first kappa shape index (κ1) is 21.8. The fourth-order valence-electron chi connectivity index (χ4n) is 4.89. The number of fused-ring (bicyclic) bond motifs is 2. The van der Waals surface area contributed by atoms with Crippen LogP contribution in [0.2, 0.25) is 0 Å². The molecule has 2 aromatic carbocycles. The molecule has 33 heavy (non-hydrogen) atoms. The summed E-state index contributed by atoms with van der Waals surface area (Å²) in [6.07, 6.45) is -3.17. The minimum absolute atomic E-state index is 0.0525. The van der Waals surface area contributed by atoms with E-state index in [0.717, 1.165) is 40.3 Å². The Labute approximate surface area is 188 Å². The van der Waals surface area contributed by atoms with Gasteiger partial charge in [0.25, 0.3) is 5.91 Å². The third-order valence-electron chi connectivity index (χ3n) is 6.55. The maximum atomic E-state index is 13.2. The van der Waals surface area contributed by atoms with E-state index in [-0.39, 0.29) is 18.2 Å². The molecule has 0 unspecified atom stereocenters. The highest BCUT2D eigenvalue weighted by atomic mass is 19.4. The van der Waals surface area contributed by atoms with Crippen LogP contribution in [0.5, 0.6) is 11.5 Å². The summed E-state index contributed by atoms with van der Waals surface area (Å²) in [6.45, 7) is 3.67. The van der Waals surface area contributed by atoms with E-state index in [4.69, 9.17) is 9.47 Å². The van der Waals surface area contributed by atoms with E-state index in [1.165, 1.54) is 12.1 Å². The van der Waals surface area contributed by atoms with Crippen LogP contribution in [0.15, 0.2) is 36.4 Å². The van der Waals surface area contributed by atoms with Crippen molar-refractivity contribution in [1.29, 1.82) is 0 Å². The zero-order valence-corrected chi connectivity index (χ0v) is 18.0. The lowest BCUT2D eigenvalue weighted by Gasteiger charge is -2.38. The predicted molar refractivity (Wildman–Crippen MR) is 113 cm³/mol. The van der Waals surface area contributed by atoms with Crippen molar-refractivity contribution in [2.75, 3.05) is 24.7 Å². The molecule has 1 fully saturated rings. The van der Waals surface area contributed by atoms with Crippen LogP contribution in [0.1, 0.15) is 42.5 Å². The second kappa shape index (κ2) is 8.06. The molecule has 5 rings (SSSR count). The van der Waals surface area contributed by atoms with Crippen LogP contribution in [0.3, 0.4) is 0 Å². The van der Waals surface area contributed by atoms with Gasteiger partial charge in [0.15, 0.2) is 11.5 Å². The number of carbonyl (C=O) groups excluding carboxylic acids is 2. The standard InChI is InChI=1S/C24H23F3N2O4/c1-14-18-12-21-20(32-8-3-9-33-21)10-15(18)6-7-28(14)19-13-22(30)29(23(19)31)17-5-2-4-16(11-17)24(25,26)27/h2,4-5,10-12,14,19H,3,6-9,13H2,1H3/t14-,19-/m1/s1. The van der Waals surface area contributed by atoms with Crippen molar-refractivity contribution in [2.24, 2.45) is 0 Å². The van der Waals surface area contributed by atoms with Crippen molar-refractivity contribution < 1.29 is 32.2 Å². The maximum Gasteiger partial charge on any atom is 0.416 e. The number of anilines is 1. The minimum Gasteiger partial charge on any atom is -0.490 e. The van der Waals surface area contributed by atoms with Gasteiger partial charge in [0.1, 0.15) is 0 Å². The molecule has 6 nitrogen and oxygen atoms in total. The summed E-state index contributed by atoms with van der Waals surface area (Å²) in [4.78, 5) is 28.8. The number of amides is 2. The third kappa shape index (κ3) is 3.84. The Bertz CT molecular complexity index is 1120. The molecule has 3 aliphatic rings. The maximum absolute atomic E-state index is 13.2. The molecular weight excluding hydrogens is 437 g/mol. The lowest BCUT2D eigenvalue weighted by Crippen LogP contribution is -2.46. The topological polar surface area (TPSA) is 59.1 Å². The summed E-state index contributed by atoms with van der Waals surface area (Å²) in [5, 5.41) is 0. The van der Waals surface area contributed by atoms with Gasteiger partial charge in [-0.15, -0.1) is 0 Å². The van der Waals surface area contributed by atoms with E-state index in [0.29, 0.717) is 31.9 Å². The Morgan fingerprint density at radius 1 is 1.03 bits per heavy atom. The van der Waals surface area contributed by atoms with E-state index in [9.17, 15) is 22.8 Å². The summed E-state index contributed by atoms with van der Waals surface area (Å²) >= 11 is 0. The van der Waals surface area contributed by atoms with Crippen molar-refractivity contribution in [2.45, 2.75) is 44.4 Å². The number of rotatable bonds is 2. The SMILES string of the molecule is C[C@@H]1c2cc3c(cc2CCN1[C@@H]1CC(=O)N(c2cccc(C(F)(F)F)c2)C1=O)OCCCO3. The summed E-state index contributed by atoms with van der Waals surface area (Å²) in [5.74, 6) is 0.388. The van der Waals surface area contributed by atoms with E-state index in [1.54, 1.807) is 0 Å². The normalized spacial score (nSPS) is 23.5. The quantitative estimate of drug-likeness (QED) is 0.632. The molecule has 2 aromatic rings. The Hall–Kier alpha value is -3.07. The highest BCUT2D eigenvalue weighted by Gasteiger charge is 2.45. The lowest BCUT2D eigenvalue weighted by atomic mass is 9.91. The van der Waals surface area contributed by atoms with Crippen molar-refractivity contribution in [3.05, 3.63) is 53.1 Å². The van der Waals surface area contributed by atoms with Gasteiger partial charge in [0.05, 0.1) is 36.9 Å². The van der Waals surface area contributed by atoms with Crippen LogP contribution in [0, 0.1) is 0 Å². The average Bonchev–Trinajstić information content (AvgIpc) is 2.93. The second-order valence-corrected chi connectivity index (χ2v) is 8.55. The first-order valence-electron chi connectivity index (χ1n) is 11.0. The molecule has 2 atom stereocenters. The van der Waals surface area contributed by atoms with Gasteiger partial charge in [0.2, 0.25) is 5.91 Å². The summed E-state index contributed by atoms with van der Waals surface area (Å²) < 4.78 is 51.0. The molecule has 0 aliphatic carbocycles. The number of nitrogens with zero attached hydrogens (tertiary/aromatic N) is 2. The van der Waals surface area contributed by atoms with E-state index in [1.807, 2.05) is 24.0 Å². The largest absolute Gasteiger partial charge is 0.490 e. The van der Waals surface area contributed by atoms with Crippen LogP contribution < -0.4 is 14.4 Å². The van der Waals surface area contributed by atoms with Gasteiger partial charge in [0, 0.05) is 19.0 Å². The van der Waals surface area contributed by atoms with Crippen molar-refractivity contribution in [3.8, 4) is 11.5 Å². The molecule has 0 N–H and O–H groups in total. The van der Waals surface area contributed by atoms with Crippen LogP contribution in [0.4, 0.5) is 18.9 Å². The fraction of sp³-hybridized carbons (Fsp3) is 0.417. The molecule has 0 spiro atoms. The lowest BCUT2D eigenvalue weighted by molar-refractivity contribution is -0.137. The molecule has 0 bridgehead atoms. The number of imide groups is 1. The number of carbonyl (C=O) groups is 2. The van der Waals surface area contributed by atoms with Crippen LogP contribution in [-0.4, -0.2) is 42.5 Å². The van der Waals surface area contributed by atoms with Gasteiger partial charge in [-0.1, -0.05) is 6.07 Å². The van der Waals surface area contributed by atoms with Gasteiger partial charge < -0.3 is 9.47 Å². The van der Waals surface area contributed by atoms with Gasteiger partial charge in [-0.25, -0.2) is 4.90 Å². The zero-order chi connectivity index (χ0) is 23.3. The Morgan fingerprint density at radius 2 is 1.76 bits per heavy atom. The van der Waals surface area contributed by atoms with E-state index in [2.05, 4.69) is 0 Å². The van der Waals surface area contributed by atoms with Crippen LogP contribution >= 0.6 is 0 Å². The van der Waals surface area contributed by atoms with Crippen LogP contribution in [0.25, 0.3) is 0 Å². The average molecular weight is 460 g/mol. The monoisotopic (exact) mass is 460 g/mol. The highest BCUT2D eigenvalue weighted by molar-refractivity contribution is 6.22. The number of alkyl halides is 3. The third-order valence-corrected chi connectivity index (χ3v) is 6.55. The van der Waals surface area contributed by atoms with E-state index < -0.39 is 29.6 Å². The molecule has 3 heterocycles. The highest BCUT2D eigenvalue weighted by Crippen LogP contribution is 2.41. The minimum atomic E-state index is -4.56. The number of benzene rings is 2. The molecular formula is C24H23F3N2O4. The summed E-state index contributed by atoms with van der Waals surface area (Å²) in [7, 11) is 0. The molecule has 9 heteroatoms. The number of ether oxygens (including phenoxy) is 2. The van der Waals surface area contributed by atoms with Crippen molar-refractivity contribution in [3.63, 3.8) is 0 Å². The first-order chi connectivity index (χ1) is 15.7. The molecule has 0 saturated carbocycles. The molecule has 1 saturated heterocycles. The molecule has 2 amide bonds. The van der Waals surface area contributed by atoms with Gasteiger partial charge in [-0.3, -0.25) is 14.5 Å². The number of hydrogen-bond donors (Lipinski definition) is 0. The van der Waals surface area contributed by atoms with Gasteiger partial charge >= 0.3 is 6.18 Å². The number of hydrogen-bond acceptors (Lipinski definition) is 5. The number of halogens is 3. The summed E-state index contributed by atoms with van der Waals surface area (Å²) in [5.41, 5.74) is 1.16. The van der Waals surface area contributed by atoms with Crippen molar-refractivity contribution in [1.82, 2.24) is 4.90 Å². The first-order valence-corrected chi connectivity index (χ1v) is 11.0. The fourth-order valence-corrected chi connectivity index (χ4v) is 4.89. The molecule has 0 aromatic heterocycles. The van der Waals surface area contributed by atoms with E-state index >= 15 is 0 Å². The second-order valence-electron chi connectivity index (χ2n) is 8.55. The Morgan fingerprint density at radius 3 is 2.48 bits per heavy atom. The predicted octanol–water partition coefficient (Wildman–Crippen LogP) is 4.12. The Balaban J connectivity index is 1.42. The molecule has 3 aliphatic heterocycles.